The standard InChI is InChI=1S/C13H19N3OS/c1-13(2)9-16(6-7-18-13)12(17)10-4-5-15-11(8-10)14-3/h4-5,8H,6-7,9H2,1-3H3,(H,14,15). The Bertz CT molecular complexity index is 448. The molecule has 0 atom stereocenters. The molecule has 0 aliphatic carbocycles. The van der Waals surface area contributed by atoms with Crippen LogP contribution >= 0.6 is 11.8 Å². The molecule has 1 N–H and O–H groups in total. The van der Waals surface area contributed by atoms with Crippen LogP contribution in [0.1, 0.15) is 24.2 Å². The number of hydrogen-bond donors (Lipinski definition) is 1. The highest BCUT2D eigenvalue weighted by atomic mass is 32.2. The Labute approximate surface area is 112 Å². The molecule has 1 saturated heterocycles. The van der Waals surface area contributed by atoms with Crippen molar-refractivity contribution in [2.24, 2.45) is 0 Å². The summed E-state index contributed by atoms with van der Waals surface area (Å²) in [6.45, 7) is 5.99. The van der Waals surface area contributed by atoms with Crippen LogP contribution in [0.15, 0.2) is 18.3 Å². The van der Waals surface area contributed by atoms with Crippen LogP contribution < -0.4 is 5.32 Å². The van der Waals surface area contributed by atoms with Gasteiger partial charge >= 0.3 is 0 Å². The maximum Gasteiger partial charge on any atom is 0.254 e. The molecule has 1 aliphatic heterocycles. The fourth-order valence-corrected chi connectivity index (χ4v) is 3.18. The van der Waals surface area contributed by atoms with E-state index in [1.807, 2.05) is 16.7 Å². The molecular formula is C13H19N3OS. The Hall–Kier alpha value is -1.23. The quantitative estimate of drug-likeness (QED) is 0.889. The number of thioether (sulfide) groups is 1. The van der Waals surface area contributed by atoms with Crippen molar-refractivity contribution in [3.63, 3.8) is 0 Å². The van der Waals surface area contributed by atoms with Gasteiger partial charge in [0.25, 0.3) is 5.91 Å². The Morgan fingerprint density at radius 3 is 3.00 bits per heavy atom. The number of nitrogens with zero attached hydrogens (tertiary/aromatic N) is 2. The zero-order valence-electron chi connectivity index (χ0n) is 11.1. The average molecular weight is 265 g/mol. The second-order valence-electron chi connectivity index (χ2n) is 5.01. The summed E-state index contributed by atoms with van der Waals surface area (Å²) < 4.78 is 0.146. The van der Waals surface area contributed by atoms with Crippen molar-refractivity contribution in [1.29, 1.82) is 0 Å². The molecule has 2 heterocycles. The molecular weight excluding hydrogens is 246 g/mol. The molecule has 0 saturated carbocycles. The number of rotatable bonds is 2. The van der Waals surface area contributed by atoms with Gasteiger partial charge in [-0.15, -0.1) is 0 Å². The van der Waals surface area contributed by atoms with E-state index < -0.39 is 0 Å². The van der Waals surface area contributed by atoms with Gasteiger partial charge in [-0.05, 0) is 26.0 Å². The maximum atomic E-state index is 12.4. The lowest BCUT2D eigenvalue weighted by Gasteiger charge is -2.37. The summed E-state index contributed by atoms with van der Waals surface area (Å²) in [5.74, 6) is 1.83. The molecule has 1 aromatic heterocycles. The van der Waals surface area contributed by atoms with E-state index in [0.717, 1.165) is 24.7 Å². The number of pyridine rings is 1. The lowest BCUT2D eigenvalue weighted by molar-refractivity contribution is 0.0748. The van der Waals surface area contributed by atoms with Crippen molar-refractivity contribution in [3.05, 3.63) is 23.9 Å². The smallest absolute Gasteiger partial charge is 0.254 e. The highest BCUT2D eigenvalue weighted by Crippen LogP contribution is 2.30. The fourth-order valence-electron chi connectivity index (χ4n) is 2.07. The number of aromatic nitrogens is 1. The molecule has 98 valence electrons. The highest BCUT2D eigenvalue weighted by molar-refractivity contribution is 8.00. The van der Waals surface area contributed by atoms with E-state index in [4.69, 9.17) is 0 Å². The van der Waals surface area contributed by atoms with Crippen molar-refractivity contribution >= 4 is 23.5 Å². The first-order valence-electron chi connectivity index (χ1n) is 6.09. The lowest BCUT2D eigenvalue weighted by Crippen LogP contribution is -2.46. The minimum absolute atomic E-state index is 0.0993. The molecule has 1 amide bonds. The summed E-state index contributed by atoms with van der Waals surface area (Å²) in [5, 5.41) is 2.96. The number of carbonyl (C=O) groups is 1. The van der Waals surface area contributed by atoms with Crippen LogP contribution in [0.5, 0.6) is 0 Å². The van der Waals surface area contributed by atoms with Gasteiger partial charge in [0, 0.05) is 42.4 Å². The van der Waals surface area contributed by atoms with Crippen LogP contribution in [0.25, 0.3) is 0 Å². The van der Waals surface area contributed by atoms with Gasteiger partial charge in [-0.25, -0.2) is 4.98 Å². The molecule has 0 unspecified atom stereocenters. The SMILES string of the molecule is CNc1cc(C(=O)N2CCSC(C)(C)C2)ccn1. The average Bonchev–Trinajstić information content (AvgIpc) is 2.37. The van der Waals surface area contributed by atoms with E-state index in [9.17, 15) is 4.79 Å². The second-order valence-corrected chi connectivity index (χ2v) is 6.82. The van der Waals surface area contributed by atoms with Crippen LogP contribution in [0.3, 0.4) is 0 Å². The number of anilines is 1. The Balaban J connectivity index is 2.15. The number of nitrogens with one attached hydrogen (secondary N) is 1. The minimum atomic E-state index is 0.0993. The van der Waals surface area contributed by atoms with E-state index >= 15 is 0 Å². The summed E-state index contributed by atoms with van der Waals surface area (Å²) in [5.41, 5.74) is 0.706. The van der Waals surface area contributed by atoms with Crippen LogP contribution in [0.4, 0.5) is 5.82 Å². The van der Waals surface area contributed by atoms with Crippen LogP contribution in [-0.4, -0.2) is 46.4 Å². The van der Waals surface area contributed by atoms with Crippen molar-refractivity contribution in [2.45, 2.75) is 18.6 Å². The topological polar surface area (TPSA) is 45.2 Å². The molecule has 1 fully saturated rings. The zero-order valence-corrected chi connectivity index (χ0v) is 11.9. The molecule has 1 aromatic rings. The van der Waals surface area contributed by atoms with Gasteiger partial charge in [0.15, 0.2) is 0 Å². The van der Waals surface area contributed by atoms with E-state index in [1.54, 1.807) is 25.4 Å². The van der Waals surface area contributed by atoms with Crippen LogP contribution in [0, 0.1) is 0 Å². The summed E-state index contributed by atoms with van der Waals surface area (Å²) >= 11 is 1.93. The van der Waals surface area contributed by atoms with Crippen LogP contribution in [0.2, 0.25) is 0 Å². The van der Waals surface area contributed by atoms with Crippen LogP contribution in [-0.2, 0) is 0 Å². The molecule has 1 aliphatic rings. The van der Waals surface area contributed by atoms with Gasteiger partial charge in [-0.2, -0.15) is 11.8 Å². The Morgan fingerprint density at radius 2 is 2.33 bits per heavy atom. The third-order valence-corrected chi connectivity index (χ3v) is 4.27. The van der Waals surface area contributed by atoms with Gasteiger partial charge in [-0.3, -0.25) is 4.79 Å². The van der Waals surface area contributed by atoms with Gasteiger partial charge in [0.2, 0.25) is 0 Å². The summed E-state index contributed by atoms with van der Waals surface area (Å²) in [6.07, 6.45) is 1.67. The Kier molecular flexibility index (Phi) is 3.80. The Morgan fingerprint density at radius 1 is 1.56 bits per heavy atom. The predicted molar refractivity (Wildman–Crippen MR) is 76.2 cm³/mol. The van der Waals surface area contributed by atoms with E-state index in [1.165, 1.54) is 0 Å². The van der Waals surface area contributed by atoms with E-state index in [0.29, 0.717) is 5.56 Å². The molecule has 18 heavy (non-hydrogen) atoms. The molecule has 4 nitrogen and oxygen atoms in total. The zero-order chi connectivity index (χ0) is 13.2. The monoisotopic (exact) mass is 265 g/mol. The molecule has 0 spiro atoms. The highest BCUT2D eigenvalue weighted by Gasteiger charge is 2.30. The molecule has 0 radical (unpaired) electrons. The first kappa shape index (κ1) is 13.2. The first-order valence-corrected chi connectivity index (χ1v) is 7.07. The molecule has 5 heteroatoms. The number of carbonyl (C=O) groups excluding carboxylic acids is 1. The summed E-state index contributed by atoms with van der Waals surface area (Å²) in [4.78, 5) is 18.5. The fraction of sp³-hybridized carbons (Fsp3) is 0.538. The number of hydrogen-bond acceptors (Lipinski definition) is 4. The summed E-state index contributed by atoms with van der Waals surface area (Å²) in [6, 6.07) is 3.58. The van der Waals surface area contributed by atoms with Crippen molar-refractivity contribution in [2.75, 3.05) is 31.2 Å². The third kappa shape index (κ3) is 2.96. The lowest BCUT2D eigenvalue weighted by atomic mass is 10.1. The van der Waals surface area contributed by atoms with Gasteiger partial charge in [0.1, 0.15) is 5.82 Å². The largest absolute Gasteiger partial charge is 0.373 e. The van der Waals surface area contributed by atoms with Gasteiger partial charge in [-0.1, -0.05) is 0 Å². The first-order chi connectivity index (χ1) is 8.52. The minimum Gasteiger partial charge on any atom is -0.373 e. The predicted octanol–water partition coefficient (Wildman–Crippen LogP) is 2.09. The van der Waals surface area contributed by atoms with Crippen molar-refractivity contribution in [1.82, 2.24) is 9.88 Å². The van der Waals surface area contributed by atoms with Crippen molar-refractivity contribution < 1.29 is 4.79 Å². The molecule has 0 bridgehead atoms. The van der Waals surface area contributed by atoms with E-state index in [2.05, 4.69) is 24.1 Å². The molecule has 0 aromatic carbocycles. The van der Waals surface area contributed by atoms with E-state index in [-0.39, 0.29) is 10.7 Å². The van der Waals surface area contributed by atoms with Crippen molar-refractivity contribution in [3.8, 4) is 0 Å². The second kappa shape index (κ2) is 5.18. The normalized spacial score (nSPS) is 18.5. The van der Waals surface area contributed by atoms with Gasteiger partial charge in [0.05, 0.1) is 0 Å². The number of amides is 1. The molecule has 2 rings (SSSR count). The maximum absolute atomic E-state index is 12.4. The van der Waals surface area contributed by atoms with Gasteiger partial charge < -0.3 is 10.2 Å². The third-order valence-electron chi connectivity index (χ3n) is 2.98. The summed E-state index contributed by atoms with van der Waals surface area (Å²) in [7, 11) is 1.80.